The van der Waals surface area contributed by atoms with Gasteiger partial charge >= 0.3 is 0 Å². The second-order valence-electron chi connectivity index (χ2n) is 4.63. The maximum Gasteiger partial charge on any atom is 0.155 e. The monoisotopic (exact) mass is 378 g/mol. The standard InChI is InChI=1S/C12H13IO2S.C2H6/c1-11-4-3-10(14)8-9(11)2-5-12(11,15)6-7-16-13;1-2/h8,15H,2-5H2,1H3;1-2H3/t11?,12-;/m1./s1. The molecule has 0 aromatic carbocycles. The Morgan fingerprint density at radius 3 is 2.67 bits per heavy atom. The summed E-state index contributed by atoms with van der Waals surface area (Å²) < 4.78 is 0. The fourth-order valence-electron chi connectivity index (χ4n) is 2.68. The number of hydrogen-bond donors (Lipinski definition) is 1. The first-order valence-electron chi connectivity index (χ1n) is 6.28. The molecular formula is C14H19IO2S. The van der Waals surface area contributed by atoms with Crippen molar-refractivity contribution in [2.24, 2.45) is 5.41 Å². The number of carbonyl (C=O) groups is 1. The zero-order valence-electron chi connectivity index (χ0n) is 11.0. The van der Waals surface area contributed by atoms with Crippen LogP contribution in [0.2, 0.25) is 0 Å². The normalized spacial score (nSPS) is 33.6. The van der Waals surface area contributed by atoms with Gasteiger partial charge in [0.1, 0.15) is 5.60 Å². The highest BCUT2D eigenvalue weighted by atomic mass is 127. The molecule has 2 aliphatic rings. The van der Waals surface area contributed by atoms with E-state index < -0.39 is 5.60 Å². The second-order valence-corrected chi connectivity index (χ2v) is 6.31. The molecule has 0 amide bonds. The van der Waals surface area contributed by atoms with Crippen LogP contribution >= 0.6 is 30.1 Å². The molecule has 0 bridgehead atoms. The van der Waals surface area contributed by atoms with Crippen molar-refractivity contribution in [2.45, 2.75) is 52.1 Å². The molecule has 0 aliphatic heterocycles. The molecule has 4 heteroatoms. The van der Waals surface area contributed by atoms with Crippen LogP contribution < -0.4 is 0 Å². The Bertz CT molecular complexity index is 421. The molecule has 2 atom stereocenters. The molecule has 1 saturated carbocycles. The number of ketones is 1. The van der Waals surface area contributed by atoms with Crippen LogP contribution in [0.3, 0.4) is 0 Å². The van der Waals surface area contributed by atoms with E-state index in [4.69, 9.17) is 0 Å². The average Bonchev–Trinajstić information content (AvgIpc) is 2.64. The fourth-order valence-corrected chi connectivity index (χ4v) is 3.21. The van der Waals surface area contributed by atoms with Crippen LogP contribution in [0.15, 0.2) is 11.6 Å². The van der Waals surface area contributed by atoms with Crippen molar-refractivity contribution < 1.29 is 9.90 Å². The molecule has 0 radical (unpaired) electrons. The quantitative estimate of drug-likeness (QED) is 0.514. The van der Waals surface area contributed by atoms with Gasteiger partial charge in [-0.2, -0.15) is 0 Å². The number of allylic oxidation sites excluding steroid dienone is 1. The van der Waals surface area contributed by atoms with Crippen molar-refractivity contribution in [2.75, 3.05) is 0 Å². The summed E-state index contributed by atoms with van der Waals surface area (Å²) in [6.45, 7) is 6.03. The molecule has 100 valence electrons. The second kappa shape index (κ2) is 6.44. The number of rotatable bonds is 0. The Labute approximate surface area is 126 Å². The van der Waals surface area contributed by atoms with E-state index in [2.05, 4.69) is 32.4 Å². The topological polar surface area (TPSA) is 37.3 Å². The van der Waals surface area contributed by atoms with E-state index in [9.17, 15) is 9.90 Å². The summed E-state index contributed by atoms with van der Waals surface area (Å²) in [5, 5.41) is 13.5. The Morgan fingerprint density at radius 1 is 1.39 bits per heavy atom. The number of halogens is 1. The first-order valence-corrected chi connectivity index (χ1v) is 9.64. The van der Waals surface area contributed by atoms with E-state index in [1.807, 2.05) is 20.8 Å². The highest BCUT2D eigenvalue weighted by Gasteiger charge is 2.54. The van der Waals surface area contributed by atoms with Gasteiger partial charge in [0.25, 0.3) is 0 Å². The summed E-state index contributed by atoms with van der Waals surface area (Å²) in [6, 6.07) is 0. The van der Waals surface area contributed by atoms with Crippen molar-refractivity contribution in [3.63, 3.8) is 0 Å². The van der Waals surface area contributed by atoms with Crippen molar-refractivity contribution in [3.05, 3.63) is 11.6 Å². The van der Waals surface area contributed by atoms with Gasteiger partial charge in [0, 0.05) is 33.0 Å². The average molecular weight is 378 g/mol. The molecule has 0 heterocycles. The lowest BCUT2D eigenvalue weighted by Gasteiger charge is -2.38. The SMILES string of the molecule is CC.CC12CCC(=O)C=C1CC[C@@]2(O)C#CSI. The molecule has 0 aromatic rings. The lowest BCUT2D eigenvalue weighted by molar-refractivity contribution is -0.116. The fraction of sp³-hybridized carbons (Fsp3) is 0.643. The van der Waals surface area contributed by atoms with Crippen LogP contribution in [0.5, 0.6) is 0 Å². The third-order valence-electron chi connectivity index (χ3n) is 3.88. The van der Waals surface area contributed by atoms with E-state index in [-0.39, 0.29) is 11.2 Å². The van der Waals surface area contributed by atoms with Gasteiger partial charge in [-0.05, 0) is 39.5 Å². The van der Waals surface area contributed by atoms with Crippen LogP contribution in [0.25, 0.3) is 0 Å². The summed E-state index contributed by atoms with van der Waals surface area (Å²) in [5.74, 6) is 3.16. The van der Waals surface area contributed by atoms with Crippen molar-refractivity contribution in [3.8, 4) is 11.2 Å². The Morgan fingerprint density at radius 2 is 2.06 bits per heavy atom. The summed E-state index contributed by atoms with van der Waals surface area (Å²) in [6.07, 6.45) is 4.41. The Balaban J connectivity index is 0.000000771. The number of carbonyl (C=O) groups excluding carboxylic acids is 1. The largest absolute Gasteiger partial charge is 0.377 e. The molecule has 2 aliphatic carbocycles. The molecule has 1 fully saturated rings. The molecular weight excluding hydrogens is 359 g/mol. The van der Waals surface area contributed by atoms with Gasteiger partial charge in [-0.25, -0.2) is 0 Å². The van der Waals surface area contributed by atoms with Crippen molar-refractivity contribution in [1.82, 2.24) is 0 Å². The smallest absolute Gasteiger partial charge is 0.155 e. The van der Waals surface area contributed by atoms with Gasteiger partial charge < -0.3 is 5.11 Å². The third kappa shape index (κ3) is 2.78. The van der Waals surface area contributed by atoms with Crippen LogP contribution in [-0.4, -0.2) is 16.5 Å². The molecule has 2 nitrogen and oxygen atoms in total. The lowest BCUT2D eigenvalue weighted by atomic mass is 9.68. The van der Waals surface area contributed by atoms with Gasteiger partial charge in [0.2, 0.25) is 0 Å². The molecule has 18 heavy (non-hydrogen) atoms. The molecule has 1 unspecified atom stereocenters. The summed E-state index contributed by atoms with van der Waals surface area (Å²) in [5.41, 5.74) is -0.183. The predicted octanol–water partition coefficient (Wildman–Crippen LogP) is 3.88. The number of fused-ring (bicyclic) bond motifs is 1. The summed E-state index contributed by atoms with van der Waals surface area (Å²) in [7, 11) is 1.39. The highest BCUT2D eigenvalue weighted by molar-refractivity contribution is 14.2. The Kier molecular flexibility index (Phi) is 5.75. The summed E-state index contributed by atoms with van der Waals surface area (Å²) in [4.78, 5) is 11.4. The van der Waals surface area contributed by atoms with Crippen LogP contribution in [-0.2, 0) is 4.79 Å². The van der Waals surface area contributed by atoms with E-state index in [0.717, 1.165) is 18.4 Å². The number of hydrogen-bond acceptors (Lipinski definition) is 3. The van der Waals surface area contributed by atoms with E-state index >= 15 is 0 Å². The van der Waals surface area contributed by atoms with Crippen molar-refractivity contribution >= 4 is 35.9 Å². The van der Waals surface area contributed by atoms with Crippen LogP contribution in [0, 0.1) is 16.6 Å². The zero-order valence-corrected chi connectivity index (χ0v) is 14.0. The zero-order chi connectivity index (χ0) is 13.8. The highest BCUT2D eigenvalue weighted by Crippen LogP contribution is 2.54. The van der Waals surface area contributed by atoms with E-state index in [1.165, 1.54) is 8.93 Å². The van der Waals surface area contributed by atoms with Crippen LogP contribution in [0.1, 0.15) is 46.5 Å². The van der Waals surface area contributed by atoms with Gasteiger partial charge in [0.05, 0.1) is 0 Å². The third-order valence-corrected chi connectivity index (χ3v) is 4.72. The maximum atomic E-state index is 11.4. The minimum atomic E-state index is -0.947. The summed E-state index contributed by atoms with van der Waals surface area (Å²) >= 11 is 2.10. The molecule has 1 N–H and O–H groups in total. The maximum absolute atomic E-state index is 11.4. The van der Waals surface area contributed by atoms with Gasteiger partial charge in [0.15, 0.2) is 5.78 Å². The molecule has 0 spiro atoms. The molecule has 0 aromatic heterocycles. The van der Waals surface area contributed by atoms with Gasteiger partial charge in [-0.15, -0.1) is 0 Å². The first-order chi connectivity index (χ1) is 8.52. The first kappa shape index (κ1) is 16.1. The minimum absolute atomic E-state index is 0.188. The van der Waals surface area contributed by atoms with Gasteiger partial charge in [-0.3, -0.25) is 4.79 Å². The minimum Gasteiger partial charge on any atom is -0.377 e. The lowest BCUT2D eigenvalue weighted by Crippen LogP contribution is -2.43. The van der Waals surface area contributed by atoms with Crippen molar-refractivity contribution in [1.29, 1.82) is 0 Å². The number of aliphatic hydroxyl groups is 1. The predicted molar refractivity (Wildman–Crippen MR) is 85.3 cm³/mol. The molecule has 0 saturated heterocycles. The van der Waals surface area contributed by atoms with Gasteiger partial charge in [-0.1, -0.05) is 32.3 Å². The van der Waals surface area contributed by atoms with E-state index in [0.29, 0.717) is 12.8 Å². The molecule has 2 rings (SSSR count). The Hall–Kier alpha value is 0.01000. The van der Waals surface area contributed by atoms with Crippen LogP contribution in [0.4, 0.5) is 0 Å². The van der Waals surface area contributed by atoms with E-state index in [1.54, 1.807) is 6.08 Å².